The normalized spacial score (nSPS) is 11.4. The maximum Gasteiger partial charge on any atom is 0.418 e. The molecule has 2 heterocycles. The van der Waals surface area contributed by atoms with Crippen LogP contribution in [0.1, 0.15) is 27.0 Å². The first-order valence-electron chi connectivity index (χ1n) is 11.1. The van der Waals surface area contributed by atoms with Crippen LogP contribution in [-0.2, 0) is 12.8 Å². The van der Waals surface area contributed by atoms with Crippen molar-refractivity contribution in [2.45, 2.75) is 12.8 Å². The third-order valence-electron chi connectivity index (χ3n) is 5.76. The second kappa shape index (κ2) is 9.62. The van der Waals surface area contributed by atoms with Gasteiger partial charge in [0.25, 0.3) is 0 Å². The van der Waals surface area contributed by atoms with E-state index in [1.54, 1.807) is 73.1 Å². The number of aromatic nitrogens is 2. The monoisotopic (exact) mass is 484 g/mol. The lowest BCUT2D eigenvalue weighted by molar-refractivity contribution is -0.136. The molecule has 178 valence electrons. The highest BCUT2D eigenvalue weighted by molar-refractivity contribution is 6.16. The molecule has 0 aliphatic carbocycles. The lowest BCUT2D eigenvalue weighted by Crippen LogP contribution is -2.09. The molecule has 0 radical (unpaired) electrons. The van der Waals surface area contributed by atoms with Crippen molar-refractivity contribution in [2.24, 2.45) is 0 Å². The van der Waals surface area contributed by atoms with Gasteiger partial charge in [0.2, 0.25) is 0 Å². The third-order valence-corrected chi connectivity index (χ3v) is 5.76. The number of rotatable bonds is 6. The largest absolute Gasteiger partial charge is 0.489 e. The predicted octanol–water partition coefficient (Wildman–Crippen LogP) is 7.13. The van der Waals surface area contributed by atoms with E-state index in [2.05, 4.69) is 9.97 Å². The summed E-state index contributed by atoms with van der Waals surface area (Å²) in [6.45, 7) is 0.289. The molecule has 0 amide bonds. The summed E-state index contributed by atoms with van der Waals surface area (Å²) in [6.07, 6.45) is -0.0349. The number of ketones is 1. The topological polar surface area (TPSA) is 52.1 Å². The highest BCUT2D eigenvalue weighted by atomic mass is 19.4. The highest BCUT2D eigenvalue weighted by Crippen LogP contribution is 2.39. The minimum absolute atomic E-state index is 0.208. The van der Waals surface area contributed by atoms with Gasteiger partial charge >= 0.3 is 6.18 Å². The zero-order valence-corrected chi connectivity index (χ0v) is 18.9. The van der Waals surface area contributed by atoms with Crippen LogP contribution in [0.3, 0.4) is 0 Å². The zero-order valence-electron chi connectivity index (χ0n) is 18.9. The van der Waals surface area contributed by atoms with E-state index in [9.17, 15) is 18.0 Å². The Morgan fingerprint density at radius 3 is 2.36 bits per heavy atom. The maximum atomic E-state index is 13.8. The quantitative estimate of drug-likeness (QED) is 0.241. The molecule has 0 atom stereocenters. The molecule has 0 aliphatic rings. The molecule has 5 rings (SSSR count). The first-order valence-corrected chi connectivity index (χ1v) is 11.1. The number of nitrogens with zero attached hydrogens (tertiary/aromatic N) is 2. The number of para-hydroxylation sites is 1. The summed E-state index contributed by atoms with van der Waals surface area (Å²) in [4.78, 5) is 21.5. The summed E-state index contributed by atoms with van der Waals surface area (Å²) in [5.74, 6) is 0.180. The Kier molecular flexibility index (Phi) is 6.21. The highest BCUT2D eigenvalue weighted by Gasteiger charge is 2.34. The summed E-state index contributed by atoms with van der Waals surface area (Å²) in [6, 6.07) is 23.1. The van der Waals surface area contributed by atoms with Crippen molar-refractivity contribution < 1.29 is 22.7 Å². The Bertz CT molecular complexity index is 1540. The average Bonchev–Trinajstić information content (AvgIpc) is 2.91. The van der Waals surface area contributed by atoms with E-state index < -0.39 is 11.7 Å². The molecule has 0 saturated heterocycles. The summed E-state index contributed by atoms with van der Waals surface area (Å²) in [7, 11) is 0. The van der Waals surface area contributed by atoms with Crippen molar-refractivity contribution >= 4 is 16.7 Å². The van der Waals surface area contributed by atoms with Gasteiger partial charge in [-0.25, -0.2) is 0 Å². The van der Waals surface area contributed by atoms with Crippen molar-refractivity contribution in [2.75, 3.05) is 0 Å². The van der Waals surface area contributed by atoms with Crippen molar-refractivity contribution in [1.29, 1.82) is 0 Å². The number of ether oxygens (including phenoxy) is 1. The smallest absolute Gasteiger partial charge is 0.418 e. The first-order chi connectivity index (χ1) is 17.4. The number of benzene rings is 3. The van der Waals surface area contributed by atoms with E-state index in [4.69, 9.17) is 4.74 Å². The Balaban J connectivity index is 1.67. The molecule has 0 fully saturated rings. The van der Waals surface area contributed by atoms with E-state index in [0.29, 0.717) is 22.4 Å². The van der Waals surface area contributed by atoms with Gasteiger partial charge in [0.15, 0.2) is 5.78 Å². The van der Waals surface area contributed by atoms with E-state index in [0.717, 1.165) is 11.6 Å². The molecule has 0 N–H and O–H groups in total. The van der Waals surface area contributed by atoms with Crippen LogP contribution in [0.25, 0.3) is 22.0 Å². The number of alkyl halides is 3. The molecule has 0 spiro atoms. The van der Waals surface area contributed by atoms with Gasteiger partial charge in [-0.2, -0.15) is 13.2 Å². The average molecular weight is 484 g/mol. The standard InChI is InChI=1S/C29H19F3N2O2/c30-29(31,32)25-11-5-10-23-26(24(17-34-27(23)25)28(35)20-6-2-1-3-7-20)21-8-4-9-22(16-21)36-18-19-12-14-33-15-13-19/h1-17H,18H2. The molecule has 3 aromatic carbocycles. The Morgan fingerprint density at radius 2 is 1.61 bits per heavy atom. The predicted molar refractivity (Wildman–Crippen MR) is 131 cm³/mol. The van der Waals surface area contributed by atoms with Crippen LogP contribution >= 0.6 is 0 Å². The number of pyridine rings is 2. The molecular weight excluding hydrogens is 465 g/mol. The van der Waals surface area contributed by atoms with E-state index >= 15 is 0 Å². The van der Waals surface area contributed by atoms with Gasteiger partial charge in [-0.15, -0.1) is 0 Å². The van der Waals surface area contributed by atoms with Crippen LogP contribution in [0.2, 0.25) is 0 Å². The Labute approximate surface area is 205 Å². The van der Waals surface area contributed by atoms with Crippen molar-refractivity contribution in [3.05, 3.63) is 126 Å². The molecule has 0 bridgehead atoms. The third kappa shape index (κ3) is 4.68. The number of hydrogen-bond acceptors (Lipinski definition) is 4. The van der Waals surface area contributed by atoms with Crippen LogP contribution in [0.5, 0.6) is 5.75 Å². The first kappa shape index (κ1) is 23.2. The van der Waals surface area contributed by atoms with Crippen LogP contribution < -0.4 is 4.74 Å². The summed E-state index contributed by atoms with van der Waals surface area (Å²) in [5.41, 5.74) is 1.39. The van der Waals surface area contributed by atoms with Gasteiger partial charge in [-0.05, 0) is 41.5 Å². The fourth-order valence-corrected chi connectivity index (χ4v) is 4.07. The number of fused-ring (bicyclic) bond motifs is 1. The SMILES string of the molecule is O=C(c1ccccc1)c1cnc2c(C(F)(F)F)cccc2c1-c1cccc(OCc2ccncc2)c1. The second-order valence-corrected chi connectivity index (χ2v) is 8.11. The van der Waals surface area contributed by atoms with Gasteiger partial charge < -0.3 is 4.74 Å². The molecular formula is C29H19F3N2O2. The minimum atomic E-state index is -4.59. The molecule has 0 aliphatic heterocycles. The van der Waals surface area contributed by atoms with Crippen LogP contribution in [-0.4, -0.2) is 15.8 Å². The molecule has 36 heavy (non-hydrogen) atoms. The second-order valence-electron chi connectivity index (χ2n) is 8.11. The van der Waals surface area contributed by atoms with Crippen LogP contribution in [0, 0.1) is 0 Å². The Morgan fingerprint density at radius 1 is 0.861 bits per heavy atom. The van der Waals surface area contributed by atoms with Gasteiger partial charge in [0, 0.05) is 40.7 Å². The van der Waals surface area contributed by atoms with Crippen LogP contribution in [0.15, 0.2) is 104 Å². The van der Waals surface area contributed by atoms with Crippen molar-refractivity contribution in [1.82, 2.24) is 9.97 Å². The van der Waals surface area contributed by atoms with E-state index in [1.165, 1.54) is 12.3 Å². The number of hydrogen-bond donors (Lipinski definition) is 0. The van der Waals surface area contributed by atoms with Crippen molar-refractivity contribution in [3.63, 3.8) is 0 Å². The van der Waals surface area contributed by atoms with Gasteiger partial charge in [0.1, 0.15) is 12.4 Å². The molecule has 5 aromatic rings. The molecule has 0 unspecified atom stereocenters. The summed E-state index contributed by atoms with van der Waals surface area (Å²) < 4.78 is 47.2. The number of carbonyl (C=O) groups is 1. The fourth-order valence-electron chi connectivity index (χ4n) is 4.07. The van der Waals surface area contributed by atoms with E-state index in [1.807, 2.05) is 12.1 Å². The van der Waals surface area contributed by atoms with Gasteiger partial charge in [-0.1, -0.05) is 54.6 Å². The summed E-state index contributed by atoms with van der Waals surface area (Å²) in [5, 5.41) is 0.234. The molecule has 7 heteroatoms. The zero-order chi connectivity index (χ0) is 25.1. The fraction of sp³-hybridized carbons (Fsp3) is 0.0690. The van der Waals surface area contributed by atoms with Gasteiger partial charge in [0.05, 0.1) is 11.1 Å². The molecule has 0 saturated carbocycles. The molecule has 4 nitrogen and oxygen atoms in total. The van der Waals surface area contributed by atoms with Crippen LogP contribution in [0.4, 0.5) is 13.2 Å². The minimum Gasteiger partial charge on any atom is -0.489 e. The molecule has 2 aromatic heterocycles. The lowest BCUT2D eigenvalue weighted by Gasteiger charge is -2.16. The number of carbonyl (C=O) groups excluding carboxylic acids is 1. The van der Waals surface area contributed by atoms with E-state index in [-0.39, 0.29) is 28.9 Å². The van der Waals surface area contributed by atoms with Crippen molar-refractivity contribution in [3.8, 4) is 16.9 Å². The maximum absolute atomic E-state index is 13.8. The lowest BCUT2D eigenvalue weighted by atomic mass is 9.91. The number of halogens is 3. The van der Waals surface area contributed by atoms with Gasteiger partial charge in [-0.3, -0.25) is 14.8 Å². The Hall–Kier alpha value is -4.52. The summed E-state index contributed by atoms with van der Waals surface area (Å²) >= 11 is 0.